The summed E-state index contributed by atoms with van der Waals surface area (Å²) in [5, 5.41) is 11.9. The number of nitrogens with zero attached hydrogens (tertiary/aromatic N) is 3. The van der Waals surface area contributed by atoms with Gasteiger partial charge in [0.05, 0.1) is 16.9 Å². The minimum absolute atomic E-state index is 0.0817. The van der Waals surface area contributed by atoms with E-state index >= 15 is 0 Å². The fraction of sp³-hybridized carbons (Fsp3) is 0.235. The van der Waals surface area contributed by atoms with E-state index in [1.807, 2.05) is 0 Å². The van der Waals surface area contributed by atoms with Crippen LogP contribution in [0.5, 0.6) is 11.6 Å². The van der Waals surface area contributed by atoms with Gasteiger partial charge in [-0.2, -0.15) is 0 Å². The lowest BCUT2D eigenvalue weighted by atomic mass is 10.2. The standard InChI is InChI=1S/C17H15N3O5S/c1-4-24-17(21)14-10(3)12-15(18-8-19-16(12)26-14)25-11-7-5-6-9(2)13(11)20(22)23/h5-8H,4H2,1-3H3. The lowest BCUT2D eigenvalue weighted by molar-refractivity contribution is -0.386. The minimum atomic E-state index is -0.492. The van der Waals surface area contributed by atoms with E-state index in [0.717, 1.165) is 0 Å². The molecular weight excluding hydrogens is 358 g/mol. The van der Waals surface area contributed by atoms with Crippen molar-refractivity contribution in [1.29, 1.82) is 0 Å². The number of aromatic nitrogens is 2. The molecule has 0 saturated carbocycles. The highest BCUT2D eigenvalue weighted by Crippen LogP contribution is 2.39. The second-order valence-corrected chi connectivity index (χ2v) is 6.42. The van der Waals surface area contributed by atoms with Crippen molar-refractivity contribution in [2.45, 2.75) is 20.8 Å². The SMILES string of the molecule is CCOC(=O)c1sc2ncnc(Oc3cccc(C)c3[N+](=O)[O-])c2c1C. The quantitative estimate of drug-likeness (QED) is 0.375. The number of para-hydroxylation sites is 1. The summed E-state index contributed by atoms with van der Waals surface area (Å²) in [5.41, 5.74) is 0.971. The van der Waals surface area contributed by atoms with Crippen molar-refractivity contribution in [3.05, 3.63) is 50.6 Å². The van der Waals surface area contributed by atoms with E-state index in [2.05, 4.69) is 9.97 Å². The Labute approximate surface area is 152 Å². The third kappa shape index (κ3) is 3.08. The molecule has 0 amide bonds. The largest absolute Gasteiger partial charge is 0.462 e. The molecule has 2 heterocycles. The number of fused-ring (bicyclic) bond motifs is 1. The van der Waals surface area contributed by atoms with E-state index in [1.165, 1.54) is 23.7 Å². The van der Waals surface area contributed by atoms with Crippen LogP contribution in [0.25, 0.3) is 10.2 Å². The molecule has 1 aromatic carbocycles. The number of hydrogen-bond acceptors (Lipinski definition) is 8. The van der Waals surface area contributed by atoms with Crippen molar-refractivity contribution in [3.63, 3.8) is 0 Å². The molecule has 0 atom stereocenters. The van der Waals surface area contributed by atoms with Crippen LogP contribution in [0.15, 0.2) is 24.5 Å². The van der Waals surface area contributed by atoms with Gasteiger partial charge in [0.25, 0.3) is 0 Å². The predicted molar refractivity (Wildman–Crippen MR) is 96.0 cm³/mol. The number of nitro benzene ring substituents is 1. The molecule has 26 heavy (non-hydrogen) atoms. The number of nitro groups is 1. The van der Waals surface area contributed by atoms with E-state index in [4.69, 9.17) is 9.47 Å². The van der Waals surface area contributed by atoms with Crippen molar-refractivity contribution in [2.75, 3.05) is 6.61 Å². The molecule has 134 valence electrons. The van der Waals surface area contributed by atoms with Crippen LogP contribution in [0.4, 0.5) is 5.69 Å². The number of ether oxygens (including phenoxy) is 2. The molecule has 0 aliphatic heterocycles. The number of rotatable bonds is 5. The Morgan fingerprint density at radius 3 is 2.77 bits per heavy atom. The van der Waals surface area contributed by atoms with Crippen molar-refractivity contribution in [2.24, 2.45) is 0 Å². The predicted octanol–water partition coefficient (Wildman–Crippen LogP) is 4.19. The van der Waals surface area contributed by atoms with E-state index < -0.39 is 10.9 Å². The van der Waals surface area contributed by atoms with Crippen LogP contribution >= 0.6 is 11.3 Å². The van der Waals surface area contributed by atoms with Crippen LogP contribution in [-0.4, -0.2) is 27.5 Å². The Balaban J connectivity index is 2.12. The summed E-state index contributed by atoms with van der Waals surface area (Å²) in [6.45, 7) is 5.37. The van der Waals surface area contributed by atoms with Crippen LogP contribution in [0.1, 0.15) is 27.7 Å². The third-order valence-electron chi connectivity index (χ3n) is 3.74. The normalized spacial score (nSPS) is 10.7. The van der Waals surface area contributed by atoms with E-state index in [1.54, 1.807) is 32.9 Å². The Bertz CT molecular complexity index is 1020. The molecule has 0 radical (unpaired) electrons. The highest BCUT2D eigenvalue weighted by molar-refractivity contribution is 7.20. The monoisotopic (exact) mass is 373 g/mol. The van der Waals surface area contributed by atoms with Gasteiger partial charge in [0.1, 0.15) is 16.0 Å². The summed E-state index contributed by atoms with van der Waals surface area (Å²) in [6, 6.07) is 4.81. The molecule has 0 fully saturated rings. The number of carbonyl (C=O) groups excluding carboxylic acids is 1. The average Bonchev–Trinajstić information content (AvgIpc) is 2.93. The summed E-state index contributed by atoms with van der Waals surface area (Å²) in [4.78, 5) is 32.2. The average molecular weight is 373 g/mol. The van der Waals surface area contributed by atoms with Gasteiger partial charge in [-0.05, 0) is 32.4 Å². The van der Waals surface area contributed by atoms with Crippen molar-refractivity contribution < 1.29 is 19.2 Å². The van der Waals surface area contributed by atoms with Crippen LogP contribution in [0.2, 0.25) is 0 Å². The zero-order valence-electron chi connectivity index (χ0n) is 14.3. The molecule has 0 saturated heterocycles. The van der Waals surface area contributed by atoms with Gasteiger partial charge in [-0.15, -0.1) is 11.3 Å². The molecule has 0 spiro atoms. The number of aryl methyl sites for hydroxylation is 2. The maximum atomic E-state index is 12.1. The van der Waals surface area contributed by atoms with Crippen LogP contribution in [0, 0.1) is 24.0 Å². The van der Waals surface area contributed by atoms with Crippen molar-refractivity contribution in [3.8, 4) is 11.6 Å². The Morgan fingerprint density at radius 1 is 1.31 bits per heavy atom. The van der Waals surface area contributed by atoms with E-state index in [0.29, 0.717) is 26.2 Å². The molecule has 3 aromatic rings. The first-order chi connectivity index (χ1) is 12.4. The second kappa shape index (κ2) is 7.04. The molecule has 9 heteroatoms. The van der Waals surface area contributed by atoms with Crippen LogP contribution < -0.4 is 4.74 Å². The fourth-order valence-corrected chi connectivity index (χ4v) is 3.59. The smallest absolute Gasteiger partial charge is 0.348 e. The number of benzene rings is 1. The molecule has 0 N–H and O–H groups in total. The summed E-state index contributed by atoms with van der Waals surface area (Å²) in [7, 11) is 0. The molecular formula is C17H15N3O5S. The zero-order valence-corrected chi connectivity index (χ0v) is 15.1. The third-order valence-corrected chi connectivity index (χ3v) is 4.92. The van der Waals surface area contributed by atoms with Crippen LogP contribution in [-0.2, 0) is 4.74 Å². The first kappa shape index (κ1) is 17.7. The minimum Gasteiger partial charge on any atom is -0.462 e. The van der Waals surface area contributed by atoms with E-state index in [-0.39, 0.29) is 23.9 Å². The van der Waals surface area contributed by atoms with Gasteiger partial charge >= 0.3 is 11.7 Å². The van der Waals surface area contributed by atoms with Gasteiger partial charge in [-0.25, -0.2) is 14.8 Å². The lowest BCUT2D eigenvalue weighted by Gasteiger charge is -2.08. The molecule has 0 bridgehead atoms. The van der Waals surface area contributed by atoms with Crippen molar-refractivity contribution in [1.82, 2.24) is 9.97 Å². The van der Waals surface area contributed by atoms with Crippen molar-refractivity contribution >= 4 is 33.2 Å². The van der Waals surface area contributed by atoms with Gasteiger partial charge in [-0.3, -0.25) is 10.1 Å². The Hall–Kier alpha value is -3.07. The van der Waals surface area contributed by atoms with Gasteiger partial charge in [-0.1, -0.05) is 12.1 Å². The van der Waals surface area contributed by atoms with Crippen LogP contribution in [0.3, 0.4) is 0 Å². The first-order valence-electron chi connectivity index (χ1n) is 7.77. The summed E-state index contributed by atoms with van der Waals surface area (Å²) in [6.07, 6.45) is 1.30. The second-order valence-electron chi connectivity index (χ2n) is 5.42. The fourth-order valence-electron chi connectivity index (χ4n) is 2.56. The summed E-state index contributed by atoms with van der Waals surface area (Å²) < 4.78 is 10.8. The topological polar surface area (TPSA) is 104 Å². The van der Waals surface area contributed by atoms with Gasteiger partial charge in [0.15, 0.2) is 0 Å². The maximum absolute atomic E-state index is 12.1. The first-order valence-corrected chi connectivity index (χ1v) is 8.58. The zero-order chi connectivity index (χ0) is 18.8. The highest BCUT2D eigenvalue weighted by Gasteiger charge is 2.24. The lowest BCUT2D eigenvalue weighted by Crippen LogP contribution is -2.03. The number of thiophene rings is 1. The van der Waals surface area contributed by atoms with E-state index in [9.17, 15) is 14.9 Å². The van der Waals surface area contributed by atoms with Gasteiger partial charge < -0.3 is 9.47 Å². The number of esters is 1. The van der Waals surface area contributed by atoms with Gasteiger partial charge in [0.2, 0.25) is 11.6 Å². The molecule has 0 aliphatic rings. The molecule has 8 nitrogen and oxygen atoms in total. The number of hydrogen-bond donors (Lipinski definition) is 0. The molecule has 0 aliphatic carbocycles. The molecule has 2 aromatic heterocycles. The summed E-state index contributed by atoms with van der Waals surface area (Å²) in [5.74, 6) is -0.202. The Kier molecular flexibility index (Phi) is 4.81. The maximum Gasteiger partial charge on any atom is 0.348 e. The molecule has 0 unspecified atom stereocenters. The highest BCUT2D eigenvalue weighted by atomic mass is 32.1. The van der Waals surface area contributed by atoms with Gasteiger partial charge in [0, 0.05) is 5.56 Å². The molecule has 3 rings (SSSR count). The number of carbonyl (C=O) groups is 1. The summed E-state index contributed by atoms with van der Waals surface area (Å²) >= 11 is 1.17. The Morgan fingerprint density at radius 2 is 2.08 bits per heavy atom.